The Labute approximate surface area is 125 Å². The van der Waals surface area contributed by atoms with Gasteiger partial charge in [-0.1, -0.05) is 37.5 Å². The third-order valence-electron chi connectivity index (χ3n) is 4.66. The normalized spacial score (nSPS) is 19.8. The number of benzene rings is 1. The van der Waals surface area contributed by atoms with Crippen molar-refractivity contribution >= 4 is 11.0 Å². The molecular weight excluding hydrogens is 264 g/mol. The van der Waals surface area contributed by atoms with Crippen molar-refractivity contribution in [1.29, 1.82) is 0 Å². The molecule has 1 unspecified atom stereocenters. The average molecular weight is 288 g/mol. The van der Waals surface area contributed by atoms with Crippen LogP contribution < -0.4 is 0 Å². The van der Waals surface area contributed by atoms with Gasteiger partial charge in [0.05, 0.1) is 0 Å². The molecule has 2 aromatic rings. The Bertz CT molecular complexity index is 602. The summed E-state index contributed by atoms with van der Waals surface area (Å²) in [6.07, 6.45) is 4.55. The molecule has 3 heteroatoms. The van der Waals surface area contributed by atoms with E-state index in [-0.39, 0.29) is 0 Å². The Morgan fingerprint density at radius 1 is 1.29 bits per heavy atom. The van der Waals surface area contributed by atoms with Gasteiger partial charge >= 0.3 is 0 Å². The molecule has 1 atom stereocenters. The molecule has 3 rings (SSSR count). The monoisotopic (exact) mass is 288 g/mol. The predicted molar refractivity (Wildman–Crippen MR) is 83.4 cm³/mol. The molecule has 1 N–H and O–H groups in total. The van der Waals surface area contributed by atoms with E-state index in [0.717, 1.165) is 42.2 Å². The fraction of sp³-hybridized carbons (Fsp3) is 0.556. The summed E-state index contributed by atoms with van der Waals surface area (Å²) in [6, 6.07) is 8.03. The van der Waals surface area contributed by atoms with Gasteiger partial charge in [-0.25, -0.2) is 0 Å². The Balaban J connectivity index is 1.97. The number of aryl methyl sites for hydroxylation is 1. The molecule has 1 aromatic heterocycles. The lowest BCUT2D eigenvalue weighted by molar-refractivity contribution is -0.147. The quantitative estimate of drug-likeness (QED) is 0.899. The van der Waals surface area contributed by atoms with E-state index in [4.69, 9.17) is 9.15 Å². The lowest BCUT2D eigenvalue weighted by Crippen LogP contribution is -2.41. The molecule has 1 fully saturated rings. The zero-order valence-corrected chi connectivity index (χ0v) is 12.9. The van der Waals surface area contributed by atoms with Crippen molar-refractivity contribution in [2.24, 2.45) is 0 Å². The summed E-state index contributed by atoms with van der Waals surface area (Å²) in [7, 11) is 0. The Morgan fingerprint density at radius 2 is 2.05 bits per heavy atom. The van der Waals surface area contributed by atoms with Crippen LogP contribution in [0.3, 0.4) is 0 Å². The van der Waals surface area contributed by atoms with E-state index in [0.29, 0.717) is 12.4 Å². The van der Waals surface area contributed by atoms with Crippen molar-refractivity contribution < 1.29 is 14.3 Å². The lowest BCUT2D eigenvalue weighted by atomic mass is 9.79. The maximum Gasteiger partial charge on any atom is 0.140 e. The van der Waals surface area contributed by atoms with Gasteiger partial charge in [0, 0.05) is 12.0 Å². The number of furan rings is 1. The van der Waals surface area contributed by atoms with Crippen LogP contribution >= 0.6 is 0 Å². The second-order valence-corrected chi connectivity index (χ2v) is 6.10. The van der Waals surface area contributed by atoms with Crippen molar-refractivity contribution in [2.45, 2.75) is 57.7 Å². The highest BCUT2D eigenvalue weighted by Crippen LogP contribution is 2.42. The molecule has 0 spiro atoms. The zero-order valence-electron chi connectivity index (χ0n) is 12.9. The minimum absolute atomic E-state index is 0.477. The topological polar surface area (TPSA) is 42.6 Å². The highest BCUT2D eigenvalue weighted by Gasteiger charge is 2.42. The van der Waals surface area contributed by atoms with E-state index in [9.17, 15) is 5.11 Å². The first-order valence-electron chi connectivity index (χ1n) is 7.97. The molecule has 1 aliphatic rings. The minimum atomic E-state index is -0.690. The first-order valence-corrected chi connectivity index (χ1v) is 7.97. The number of para-hydroxylation sites is 1. The highest BCUT2D eigenvalue weighted by molar-refractivity contribution is 5.81. The molecule has 21 heavy (non-hydrogen) atoms. The summed E-state index contributed by atoms with van der Waals surface area (Å²) in [5.41, 5.74) is 1.49. The molecule has 114 valence electrons. The van der Waals surface area contributed by atoms with Crippen LogP contribution in [0.1, 0.15) is 56.5 Å². The third kappa shape index (κ3) is 2.60. The molecule has 0 aliphatic heterocycles. The largest absolute Gasteiger partial charge is 0.458 e. The smallest absolute Gasteiger partial charge is 0.140 e. The maximum absolute atomic E-state index is 10.9. The summed E-state index contributed by atoms with van der Waals surface area (Å²) in [5, 5.41) is 11.9. The van der Waals surface area contributed by atoms with E-state index >= 15 is 0 Å². The van der Waals surface area contributed by atoms with Gasteiger partial charge in [0.1, 0.15) is 23.0 Å². The standard InChI is InChI=1S/C18H24O3/c1-3-20-18(10-5-4-6-11-18)17(19)15-12-14-9-7-8-13(2)16(14)21-15/h7-9,12,17,19H,3-6,10-11H2,1-2H3. The highest BCUT2D eigenvalue weighted by atomic mass is 16.5. The van der Waals surface area contributed by atoms with Crippen LogP contribution in [0.25, 0.3) is 11.0 Å². The summed E-state index contributed by atoms with van der Waals surface area (Å²) < 4.78 is 12.0. The molecule has 1 aromatic carbocycles. The van der Waals surface area contributed by atoms with E-state index < -0.39 is 11.7 Å². The van der Waals surface area contributed by atoms with Gasteiger partial charge in [0.2, 0.25) is 0 Å². The molecule has 3 nitrogen and oxygen atoms in total. The van der Waals surface area contributed by atoms with Gasteiger partial charge in [-0.3, -0.25) is 0 Å². The van der Waals surface area contributed by atoms with Crippen LogP contribution in [0, 0.1) is 6.92 Å². The van der Waals surface area contributed by atoms with Gasteiger partial charge in [0.15, 0.2) is 0 Å². The van der Waals surface area contributed by atoms with Crippen molar-refractivity contribution in [2.75, 3.05) is 6.61 Å². The van der Waals surface area contributed by atoms with Gasteiger partial charge in [-0.05, 0) is 38.3 Å². The number of ether oxygens (including phenoxy) is 1. The maximum atomic E-state index is 10.9. The molecule has 0 saturated heterocycles. The van der Waals surface area contributed by atoms with Gasteiger partial charge in [0.25, 0.3) is 0 Å². The summed E-state index contributed by atoms with van der Waals surface area (Å²) in [6.45, 7) is 4.64. The van der Waals surface area contributed by atoms with Crippen LogP contribution in [-0.2, 0) is 4.74 Å². The predicted octanol–water partition coefficient (Wildman–Crippen LogP) is 4.51. The number of aliphatic hydroxyl groups excluding tert-OH is 1. The number of hydrogen-bond acceptors (Lipinski definition) is 3. The SMILES string of the molecule is CCOC1(C(O)c2cc3cccc(C)c3o2)CCCCC1. The van der Waals surface area contributed by atoms with E-state index in [1.54, 1.807) is 0 Å². The first kappa shape index (κ1) is 14.6. The fourth-order valence-electron chi connectivity index (χ4n) is 3.56. The summed E-state index contributed by atoms with van der Waals surface area (Å²) in [5.74, 6) is 0.634. The third-order valence-corrected chi connectivity index (χ3v) is 4.66. The number of rotatable bonds is 4. The second kappa shape index (κ2) is 5.82. The molecular formula is C18H24O3. The van der Waals surface area contributed by atoms with Crippen LogP contribution in [0.2, 0.25) is 0 Å². The van der Waals surface area contributed by atoms with E-state index in [1.165, 1.54) is 6.42 Å². The van der Waals surface area contributed by atoms with Gasteiger partial charge in [-0.15, -0.1) is 0 Å². The zero-order chi connectivity index (χ0) is 14.9. The van der Waals surface area contributed by atoms with Crippen LogP contribution in [0.15, 0.2) is 28.7 Å². The van der Waals surface area contributed by atoms with E-state index in [1.807, 2.05) is 38.1 Å². The van der Waals surface area contributed by atoms with Crippen molar-refractivity contribution in [3.8, 4) is 0 Å². The van der Waals surface area contributed by atoms with Crippen molar-refractivity contribution in [1.82, 2.24) is 0 Å². The van der Waals surface area contributed by atoms with E-state index in [2.05, 4.69) is 0 Å². The van der Waals surface area contributed by atoms with Gasteiger partial charge < -0.3 is 14.3 Å². The van der Waals surface area contributed by atoms with Crippen LogP contribution in [-0.4, -0.2) is 17.3 Å². The Morgan fingerprint density at radius 3 is 2.71 bits per heavy atom. The fourth-order valence-corrected chi connectivity index (χ4v) is 3.56. The van der Waals surface area contributed by atoms with Crippen LogP contribution in [0.4, 0.5) is 0 Å². The molecule has 1 aliphatic carbocycles. The van der Waals surface area contributed by atoms with Crippen molar-refractivity contribution in [3.05, 3.63) is 35.6 Å². The number of hydrogen-bond donors (Lipinski definition) is 1. The second-order valence-electron chi connectivity index (χ2n) is 6.10. The summed E-state index contributed by atoms with van der Waals surface area (Å²) in [4.78, 5) is 0. The molecule has 0 bridgehead atoms. The van der Waals surface area contributed by atoms with Gasteiger partial charge in [-0.2, -0.15) is 0 Å². The summed E-state index contributed by atoms with van der Waals surface area (Å²) >= 11 is 0. The van der Waals surface area contributed by atoms with Crippen molar-refractivity contribution in [3.63, 3.8) is 0 Å². The average Bonchev–Trinajstić information content (AvgIpc) is 2.93. The Kier molecular flexibility index (Phi) is 4.05. The van der Waals surface area contributed by atoms with Crippen LogP contribution in [0.5, 0.6) is 0 Å². The number of fused-ring (bicyclic) bond motifs is 1. The minimum Gasteiger partial charge on any atom is -0.458 e. The molecule has 1 saturated carbocycles. The molecule has 0 radical (unpaired) electrons. The number of aliphatic hydroxyl groups is 1. The lowest BCUT2D eigenvalue weighted by Gasteiger charge is -2.39. The molecule has 1 heterocycles. The Hall–Kier alpha value is -1.32. The first-order chi connectivity index (χ1) is 10.2. The molecule has 0 amide bonds.